The summed E-state index contributed by atoms with van der Waals surface area (Å²) >= 11 is 0. The minimum atomic E-state index is -0.562. The zero-order chi connectivity index (χ0) is 22.1. The summed E-state index contributed by atoms with van der Waals surface area (Å²) in [6.07, 6.45) is 4.91. The first kappa shape index (κ1) is 20.7. The first-order valence-corrected chi connectivity index (χ1v) is 11.4. The van der Waals surface area contributed by atoms with Crippen LogP contribution in [-0.4, -0.2) is 17.7 Å². The van der Waals surface area contributed by atoms with Crippen LogP contribution in [-0.2, 0) is 24.0 Å². The predicted molar refractivity (Wildman–Crippen MR) is 126 cm³/mol. The zero-order valence-corrected chi connectivity index (χ0v) is 18.4. The molecule has 3 heteroatoms. The van der Waals surface area contributed by atoms with Gasteiger partial charge in [-0.1, -0.05) is 79.2 Å². The highest BCUT2D eigenvalue weighted by Crippen LogP contribution is 2.54. The zero-order valence-electron chi connectivity index (χ0n) is 18.4. The lowest BCUT2D eigenvalue weighted by Gasteiger charge is -2.35. The number of esters is 1. The number of aliphatic hydroxyl groups is 1. The molecule has 0 amide bonds. The molecule has 0 aromatic heterocycles. The lowest BCUT2D eigenvalue weighted by molar-refractivity contribution is 0.0504. The molecular formula is C29H28O3. The summed E-state index contributed by atoms with van der Waals surface area (Å²) in [7, 11) is 0. The van der Waals surface area contributed by atoms with Gasteiger partial charge in [0.05, 0.1) is 18.3 Å². The molecule has 2 atom stereocenters. The maximum atomic E-state index is 12.2. The third-order valence-corrected chi connectivity index (χ3v) is 6.93. The van der Waals surface area contributed by atoms with Crippen molar-refractivity contribution < 1.29 is 14.6 Å². The van der Waals surface area contributed by atoms with Crippen molar-refractivity contribution in [2.75, 3.05) is 6.61 Å². The van der Waals surface area contributed by atoms with Crippen LogP contribution in [0.2, 0.25) is 0 Å². The van der Waals surface area contributed by atoms with Crippen LogP contribution in [0.1, 0.15) is 57.6 Å². The smallest absolute Gasteiger partial charge is 0.338 e. The van der Waals surface area contributed by atoms with E-state index in [1.807, 2.05) is 37.3 Å². The molecule has 3 nitrogen and oxygen atoms in total. The van der Waals surface area contributed by atoms with Gasteiger partial charge in [0.2, 0.25) is 0 Å². The number of hydrogen-bond acceptors (Lipinski definition) is 3. The van der Waals surface area contributed by atoms with Crippen LogP contribution < -0.4 is 0 Å². The average molecular weight is 425 g/mol. The molecule has 0 spiro atoms. The Labute approximate surface area is 189 Å². The van der Waals surface area contributed by atoms with Crippen LogP contribution in [0.5, 0.6) is 0 Å². The van der Waals surface area contributed by atoms with Gasteiger partial charge in [-0.3, -0.25) is 0 Å². The Hall–Kier alpha value is -3.17. The van der Waals surface area contributed by atoms with E-state index < -0.39 is 11.5 Å². The predicted octanol–water partition coefficient (Wildman–Crippen LogP) is 5.71. The van der Waals surface area contributed by atoms with E-state index in [1.165, 1.54) is 22.3 Å². The minimum Gasteiger partial charge on any atom is -0.462 e. The second kappa shape index (κ2) is 8.40. The quantitative estimate of drug-likeness (QED) is 0.516. The topological polar surface area (TPSA) is 46.5 Å². The number of fused-ring (bicyclic) bond motifs is 2. The van der Waals surface area contributed by atoms with Gasteiger partial charge in [0.25, 0.3) is 0 Å². The number of benzene rings is 3. The Morgan fingerprint density at radius 3 is 2.44 bits per heavy atom. The lowest BCUT2D eigenvalue weighted by Crippen LogP contribution is -2.31. The van der Waals surface area contributed by atoms with Gasteiger partial charge in [0, 0.05) is 5.41 Å². The molecule has 0 bridgehead atoms. The Balaban J connectivity index is 1.48. The van der Waals surface area contributed by atoms with Crippen LogP contribution in [0.15, 0.2) is 78.4 Å². The molecule has 0 saturated heterocycles. The van der Waals surface area contributed by atoms with Crippen molar-refractivity contribution in [2.24, 2.45) is 5.41 Å². The van der Waals surface area contributed by atoms with Crippen LogP contribution in [0, 0.1) is 5.41 Å². The molecule has 32 heavy (non-hydrogen) atoms. The van der Waals surface area contributed by atoms with Crippen molar-refractivity contribution in [3.63, 3.8) is 0 Å². The van der Waals surface area contributed by atoms with Crippen LogP contribution in [0.3, 0.4) is 0 Å². The van der Waals surface area contributed by atoms with Crippen molar-refractivity contribution in [3.8, 4) is 0 Å². The standard InChI is InChI=1S/C29H28O3/c1-2-15-32-28(31)21-13-11-20(12-14-21)18-29(19-24-9-5-6-10-26(24)27(29)30)25-16-22-7-3-4-8-23(22)17-25/h3-14,16,27,30H,2,15,17-19H2,1H3/t27-,29+/m0/s1. The van der Waals surface area contributed by atoms with Gasteiger partial charge in [-0.15, -0.1) is 0 Å². The molecule has 0 aliphatic heterocycles. The summed E-state index contributed by atoms with van der Waals surface area (Å²) < 4.78 is 5.26. The summed E-state index contributed by atoms with van der Waals surface area (Å²) in [5.41, 5.74) is 7.39. The van der Waals surface area contributed by atoms with Gasteiger partial charge in [-0.2, -0.15) is 0 Å². The molecule has 3 aromatic carbocycles. The molecule has 3 aromatic rings. The van der Waals surface area contributed by atoms with Crippen molar-refractivity contribution in [1.82, 2.24) is 0 Å². The van der Waals surface area contributed by atoms with Gasteiger partial charge in [-0.05, 0) is 65.6 Å². The second-order valence-electron chi connectivity index (χ2n) is 8.99. The molecule has 0 saturated carbocycles. The molecule has 0 unspecified atom stereocenters. The van der Waals surface area contributed by atoms with Crippen molar-refractivity contribution in [1.29, 1.82) is 0 Å². The minimum absolute atomic E-state index is 0.282. The Bertz CT molecular complexity index is 1180. The third kappa shape index (κ3) is 3.57. The molecule has 0 fully saturated rings. The fourth-order valence-electron chi connectivity index (χ4n) is 5.26. The lowest BCUT2D eigenvalue weighted by atomic mass is 9.70. The fraction of sp³-hybridized carbons (Fsp3) is 0.276. The molecule has 0 heterocycles. The Morgan fingerprint density at radius 2 is 1.72 bits per heavy atom. The van der Waals surface area contributed by atoms with Crippen LogP contribution in [0.4, 0.5) is 0 Å². The van der Waals surface area contributed by atoms with Crippen molar-refractivity contribution in [3.05, 3.63) is 112 Å². The highest BCUT2D eigenvalue weighted by atomic mass is 16.5. The largest absolute Gasteiger partial charge is 0.462 e. The van der Waals surface area contributed by atoms with Crippen LogP contribution in [0.25, 0.3) is 6.08 Å². The Kier molecular flexibility index (Phi) is 5.44. The van der Waals surface area contributed by atoms with E-state index in [1.54, 1.807) is 0 Å². The van der Waals surface area contributed by atoms with E-state index in [0.29, 0.717) is 18.6 Å². The number of carbonyl (C=O) groups is 1. The van der Waals surface area contributed by atoms with E-state index in [9.17, 15) is 9.90 Å². The van der Waals surface area contributed by atoms with Gasteiger partial charge in [-0.25, -0.2) is 4.79 Å². The second-order valence-corrected chi connectivity index (χ2v) is 8.99. The van der Waals surface area contributed by atoms with Gasteiger partial charge in [0.1, 0.15) is 0 Å². The number of rotatable bonds is 6. The van der Waals surface area contributed by atoms with Gasteiger partial charge >= 0.3 is 5.97 Å². The number of carbonyl (C=O) groups excluding carboxylic acids is 1. The van der Waals surface area contributed by atoms with E-state index in [0.717, 1.165) is 30.4 Å². The summed E-state index contributed by atoms with van der Waals surface area (Å²) in [6, 6.07) is 24.4. The summed E-state index contributed by atoms with van der Waals surface area (Å²) in [5, 5.41) is 11.6. The molecule has 2 aliphatic carbocycles. The van der Waals surface area contributed by atoms with E-state index in [-0.39, 0.29) is 5.97 Å². The number of aliphatic hydroxyl groups excluding tert-OH is 1. The molecule has 0 radical (unpaired) electrons. The molecule has 2 aliphatic rings. The highest BCUT2D eigenvalue weighted by Gasteiger charge is 2.48. The first-order valence-electron chi connectivity index (χ1n) is 11.4. The SMILES string of the molecule is CCCOC(=O)c1ccc(C[C@]2(C3=Cc4ccccc4C3)Cc3ccccc3[C@@H]2O)cc1. The summed E-state index contributed by atoms with van der Waals surface area (Å²) in [4.78, 5) is 12.2. The van der Waals surface area contributed by atoms with E-state index >= 15 is 0 Å². The van der Waals surface area contributed by atoms with E-state index in [2.05, 4.69) is 48.5 Å². The summed E-state index contributed by atoms with van der Waals surface area (Å²) in [5.74, 6) is -0.282. The monoisotopic (exact) mass is 424 g/mol. The van der Waals surface area contributed by atoms with E-state index in [4.69, 9.17) is 4.74 Å². The third-order valence-electron chi connectivity index (χ3n) is 6.93. The maximum absolute atomic E-state index is 12.2. The average Bonchev–Trinajstić information content (AvgIpc) is 3.38. The molecule has 5 rings (SSSR count). The Morgan fingerprint density at radius 1 is 1.00 bits per heavy atom. The highest BCUT2D eigenvalue weighted by molar-refractivity contribution is 5.89. The summed E-state index contributed by atoms with van der Waals surface area (Å²) in [6.45, 7) is 2.42. The van der Waals surface area contributed by atoms with Crippen LogP contribution >= 0.6 is 0 Å². The first-order chi connectivity index (χ1) is 15.6. The maximum Gasteiger partial charge on any atom is 0.338 e. The van der Waals surface area contributed by atoms with Gasteiger partial charge in [0.15, 0.2) is 0 Å². The number of hydrogen-bond donors (Lipinski definition) is 1. The molecule has 1 N–H and O–H groups in total. The number of ether oxygens (including phenoxy) is 1. The fourth-order valence-corrected chi connectivity index (χ4v) is 5.26. The van der Waals surface area contributed by atoms with Crippen molar-refractivity contribution in [2.45, 2.75) is 38.7 Å². The normalized spacial score (nSPS) is 21.1. The molecule has 162 valence electrons. The van der Waals surface area contributed by atoms with Gasteiger partial charge < -0.3 is 9.84 Å². The van der Waals surface area contributed by atoms with Crippen molar-refractivity contribution >= 4 is 12.0 Å². The molecular weight excluding hydrogens is 396 g/mol.